The minimum atomic E-state index is -1.12. The van der Waals surface area contributed by atoms with Crippen molar-refractivity contribution in [1.82, 2.24) is 14.8 Å². The van der Waals surface area contributed by atoms with Crippen molar-refractivity contribution in [3.8, 4) is 11.5 Å². The van der Waals surface area contributed by atoms with Gasteiger partial charge in [-0.25, -0.2) is 0 Å². The van der Waals surface area contributed by atoms with Crippen molar-refractivity contribution >= 4 is 22.7 Å². The highest BCUT2D eigenvalue weighted by Gasteiger charge is 2.56. The molecule has 8 heteroatoms. The first-order valence-electron chi connectivity index (χ1n) is 13.9. The van der Waals surface area contributed by atoms with Crippen LogP contribution in [-0.4, -0.2) is 72.7 Å². The second-order valence-corrected chi connectivity index (χ2v) is 10.8. The van der Waals surface area contributed by atoms with E-state index < -0.39 is 5.54 Å². The van der Waals surface area contributed by atoms with Crippen molar-refractivity contribution < 1.29 is 23.8 Å². The Labute approximate surface area is 230 Å². The third-order valence-corrected chi connectivity index (χ3v) is 7.89. The largest absolute Gasteiger partial charge is 0.493 e. The van der Waals surface area contributed by atoms with Gasteiger partial charge in [0.05, 0.1) is 32.1 Å². The first-order valence-corrected chi connectivity index (χ1v) is 13.9. The molecule has 1 N–H and O–H groups in total. The molecule has 5 rings (SSSR count). The number of carbonyl (C=O) groups is 2. The Hall–Kier alpha value is -3.52. The molecule has 0 spiro atoms. The van der Waals surface area contributed by atoms with Gasteiger partial charge in [0.2, 0.25) is 5.91 Å². The second kappa shape index (κ2) is 10.9. The number of amides is 2. The normalized spacial score (nSPS) is 20.9. The fourth-order valence-electron chi connectivity index (χ4n) is 5.96. The van der Waals surface area contributed by atoms with E-state index >= 15 is 0 Å². The van der Waals surface area contributed by atoms with Gasteiger partial charge in [-0.15, -0.1) is 0 Å². The maximum absolute atomic E-state index is 14.1. The average molecular weight is 534 g/mol. The lowest BCUT2D eigenvalue weighted by molar-refractivity contribution is -0.166. The number of rotatable bonds is 10. The first-order chi connectivity index (χ1) is 18.8. The molecule has 3 heterocycles. The van der Waals surface area contributed by atoms with E-state index in [0.717, 1.165) is 34.1 Å². The minimum absolute atomic E-state index is 0.0500. The van der Waals surface area contributed by atoms with Crippen molar-refractivity contribution in [3.63, 3.8) is 0 Å². The number of para-hydroxylation sites is 1. The maximum atomic E-state index is 14.1. The van der Waals surface area contributed by atoms with Crippen LogP contribution in [0.3, 0.4) is 0 Å². The monoisotopic (exact) mass is 533 g/mol. The molecule has 1 saturated heterocycles. The van der Waals surface area contributed by atoms with Crippen molar-refractivity contribution in [2.24, 2.45) is 0 Å². The Morgan fingerprint density at radius 2 is 1.90 bits per heavy atom. The lowest BCUT2D eigenvalue weighted by atomic mass is 9.76. The lowest BCUT2D eigenvalue weighted by Crippen LogP contribution is -2.67. The number of methoxy groups -OCH3 is 1. The molecule has 2 amide bonds. The van der Waals surface area contributed by atoms with Crippen LogP contribution in [0, 0.1) is 0 Å². The SMILES string of the molecule is CCCOc1ccc(C2CN3C(=O)CN(CCCOC(C)C)C(=O)C3(C)c3[nH]c4ccccc4c32)cc1OC. The van der Waals surface area contributed by atoms with Gasteiger partial charge in [0, 0.05) is 36.5 Å². The van der Waals surface area contributed by atoms with Crippen LogP contribution in [0.2, 0.25) is 0 Å². The highest BCUT2D eigenvalue weighted by atomic mass is 16.5. The number of nitrogens with zero attached hydrogens (tertiary/aromatic N) is 2. The molecule has 2 unspecified atom stereocenters. The molecule has 2 aromatic carbocycles. The van der Waals surface area contributed by atoms with E-state index in [-0.39, 0.29) is 30.4 Å². The number of hydrogen-bond acceptors (Lipinski definition) is 5. The van der Waals surface area contributed by atoms with E-state index in [2.05, 4.69) is 18.0 Å². The summed E-state index contributed by atoms with van der Waals surface area (Å²) in [5.74, 6) is 1.11. The molecule has 2 atom stereocenters. The molecule has 2 aliphatic heterocycles. The van der Waals surface area contributed by atoms with Crippen LogP contribution in [0.1, 0.15) is 63.3 Å². The number of aromatic nitrogens is 1. The van der Waals surface area contributed by atoms with E-state index in [4.69, 9.17) is 14.2 Å². The molecule has 0 radical (unpaired) electrons. The molecular formula is C31H39N3O5. The van der Waals surface area contributed by atoms with Gasteiger partial charge >= 0.3 is 0 Å². The van der Waals surface area contributed by atoms with Crippen molar-refractivity contribution in [1.29, 1.82) is 0 Å². The zero-order chi connectivity index (χ0) is 27.7. The molecule has 1 aromatic heterocycles. The molecular weight excluding hydrogens is 494 g/mol. The van der Waals surface area contributed by atoms with Crippen molar-refractivity contribution in [2.45, 2.75) is 58.1 Å². The van der Waals surface area contributed by atoms with Crippen LogP contribution in [-0.2, 0) is 19.9 Å². The Morgan fingerprint density at radius 1 is 1.10 bits per heavy atom. The van der Waals surface area contributed by atoms with Gasteiger partial charge in [-0.1, -0.05) is 31.2 Å². The van der Waals surface area contributed by atoms with E-state index in [1.807, 2.05) is 57.2 Å². The number of benzene rings is 2. The quantitative estimate of drug-likeness (QED) is 0.378. The highest BCUT2D eigenvalue weighted by Crippen LogP contribution is 2.49. The van der Waals surface area contributed by atoms with E-state index in [1.54, 1.807) is 16.9 Å². The predicted molar refractivity (Wildman–Crippen MR) is 150 cm³/mol. The summed E-state index contributed by atoms with van der Waals surface area (Å²) < 4.78 is 17.3. The Morgan fingerprint density at radius 3 is 2.64 bits per heavy atom. The molecule has 0 bridgehead atoms. The van der Waals surface area contributed by atoms with E-state index in [1.165, 1.54) is 0 Å². The second-order valence-electron chi connectivity index (χ2n) is 10.8. The summed E-state index contributed by atoms with van der Waals surface area (Å²) in [6.45, 7) is 10.0. The number of piperazine rings is 1. The van der Waals surface area contributed by atoms with Gasteiger partial charge < -0.3 is 29.0 Å². The maximum Gasteiger partial charge on any atom is 0.254 e. The summed E-state index contributed by atoms with van der Waals surface area (Å²) >= 11 is 0. The molecule has 2 aliphatic rings. The van der Waals surface area contributed by atoms with Gasteiger partial charge in [-0.05, 0) is 62.9 Å². The number of fused-ring (bicyclic) bond motifs is 5. The van der Waals surface area contributed by atoms with Gasteiger partial charge in [0.1, 0.15) is 0 Å². The molecule has 39 heavy (non-hydrogen) atoms. The lowest BCUT2D eigenvalue weighted by Gasteiger charge is -2.51. The standard InChI is InChI=1S/C31H39N3O5/c1-6-15-39-25-13-12-21(17-26(25)37-5)23-18-34-27(35)19-33(14-9-16-38-20(2)3)30(36)31(34,4)29-28(23)22-10-7-8-11-24(22)32-29/h7-8,10-13,17,20,23,32H,6,9,14-16,18-19H2,1-5H3. The van der Waals surface area contributed by atoms with Gasteiger partial charge in [-0.2, -0.15) is 0 Å². The summed E-state index contributed by atoms with van der Waals surface area (Å²) in [7, 11) is 1.64. The molecule has 0 aliphatic carbocycles. The van der Waals surface area contributed by atoms with Gasteiger partial charge in [0.15, 0.2) is 17.0 Å². The molecule has 208 valence electrons. The van der Waals surface area contributed by atoms with Crippen LogP contribution >= 0.6 is 0 Å². The van der Waals surface area contributed by atoms with Gasteiger partial charge in [0.25, 0.3) is 5.91 Å². The highest BCUT2D eigenvalue weighted by molar-refractivity contribution is 6.01. The number of carbonyl (C=O) groups excluding carboxylic acids is 2. The summed E-state index contributed by atoms with van der Waals surface area (Å²) in [5.41, 5.74) is 2.68. The number of hydrogen-bond donors (Lipinski definition) is 1. The third-order valence-electron chi connectivity index (χ3n) is 7.89. The molecule has 0 saturated carbocycles. The van der Waals surface area contributed by atoms with Gasteiger partial charge in [-0.3, -0.25) is 9.59 Å². The Kier molecular flexibility index (Phi) is 7.58. The number of nitrogens with one attached hydrogen (secondary N) is 1. The smallest absolute Gasteiger partial charge is 0.254 e. The average Bonchev–Trinajstić information content (AvgIpc) is 3.33. The Balaban J connectivity index is 1.57. The first kappa shape index (κ1) is 27.1. The third kappa shape index (κ3) is 4.75. The molecule has 3 aromatic rings. The van der Waals surface area contributed by atoms with Crippen LogP contribution in [0.15, 0.2) is 42.5 Å². The number of ether oxygens (including phenoxy) is 3. The summed E-state index contributed by atoms with van der Waals surface area (Å²) in [5, 5.41) is 1.06. The zero-order valence-electron chi connectivity index (χ0n) is 23.6. The number of H-pyrrole nitrogens is 1. The number of aromatic amines is 1. The predicted octanol–water partition coefficient (Wildman–Crippen LogP) is 4.81. The summed E-state index contributed by atoms with van der Waals surface area (Å²) in [6.07, 6.45) is 1.71. The van der Waals surface area contributed by atoms with E-state index in [9.17, 15) is 9.59 Å². The molecule has 8 nitrogen and oxygen atoms in total. The topological polar surface area (TPSA) is 84.1 Å². The summed E-state index contributed by atoms with van der Waals surface area (Å²) in [6, 6.07) is 14.1. The van der Waals surface area contributed by atoms with Crippen LogP contribution in [0.5, 0.6) is 11.5 Å². The fraction of sp³-hybridized carbons (Fsp3) is 0.484. The molecule has 1 fully saturated rings. The van der Waals surface area contributed by atoms with Crippen LogP contribution < -0.4 is 9.47 Å². The van der Waals surface area contributed by atoms with Crippen LogP contribution in [0.4, 0.5) is 0 Å². The van der Waals surface area contributed by atoms with Crippen LogP contribution in [0.25, 0.3) is 10.9 Å². The van der Waals surface area contributed by atoms with Crippen molar-refractivity contribution in [2.75, 3.05) is 40.0 Å². The summed E-state index contributed by atoms with van der Waals surface area (Å²) in [4.78, 5) is 34.8. The zero-order valence-corrected chi connectivity index (χ0v) is 23.6. The Bertz CT molecular complexity index is 1370. The van der Waals surface area contributed by atoms with Crippen molar-refractivity contribution in [3.05, 3.63) is 59.3 Å². The fourth-order valence-corrected chi connectivity index (χ4v) is 5.96. The minimum Gasteiger partial charge on any atom is -0.493 e. The van der Waals surface area contributed by atoms with E-state index in [0.29, 0.717) is 44.2 Å².